The molecule has 0 saturated carbocycles. The summed E-state index contributed by atoms with van der Waals surface area (Å²) in [5.41, 5.74) is 7.17. The van der Waals surface area contributed by atoms with E-state index in [9.17, 15) is 5.11 Å². The lowest BCUT2D eigenvalue weighted by atomic mass is 10.1. The molecule has 1 fully saturated rings. The third kappa shape index (κ3) is 4.04. The average Bonchev–Trinajstić information content (AvgIpc) is 3.32. The van der Waals surface area contributed by atoms with Crippen molar-refractivity contribution in [3.8, 4) is 17.0 Å². The Morgan fingerprint density at radius 3 is 2.68 bits per heavy atom. The number of aliphatic hydroxyl groups is 1. The number of fused-ring (bicyclic) bond motifs is 1. The van der Waals surface area contributed by atoms with Crippen molar-refractivity contribution in [3.63, 3.8) is 0 Å². The number of thiophene rings is 1. The van der Waals surface area contributed by atoms with E-state index in [0.29, 0.717) is 38.5 Å². The van der Waals surface area contributed by atoms with E-state index in [1.54, 1.807) is 12.1 Å². The summed E-state index contributed by atoms with van der Waals surface area (Å²) in [6, 6.07) is 5.31. The second kappa shape index (κ2) is 8.39. The van der Waals surface area contributed by atoms with Crippen molar-refractivity contribution < 1.29 is 9.84 Å². The second-order valence-corrected chi connectivity index (χ2v) is 8.61. The van der Waals surface area contributed by atoms with Gasteiger partial charge in [-0.15, -0.1) is 11.3 Å². The smallest absolute Gasteiger partial charge is 0.221 e. The van der Waals surface area contributed by atoms with E-state index in [1.165, 1.54) is 24.2 Å². The Labute approximate surface area is 176 Å². The van der Waals surface area contributed by atoms with Crippen molar-refractivity contribution in [2.24, 2.45) is 0 Å². The number of aliphatic hydroxyl groups excluding tert-OH is 1. The lowest BCUT2D eigenvalue weighted by Crippen LogP contribution is -2.25. The molecule has 0 spiro atoms. The fourth-order valence-electron chi connectivity index (χ4n) is 3.38. The molecule has 6 nitrogen and oxygen atoms in total. The molecule has 3 aromatic rings. The molecule has 1 aromatic carbocycles. The third-order valence-corrected chi connectivity index (χ3v) is 6.38. The monoisotopic (exact) mass is 438 g/mol. The van der Waals surface area contributed by atoms with Crippen molar-refractivity contribution in [1.82, 2.24) is 14.9 Å². The van der Waals surface area contributed by atoms with Crippen LogP contribution in [0.15, 0.2) is 18.2 Å². The third-order valence-electron chi connectivity index (χ3n) is 4.76. The van der Waals surface area contributed by atoms with Crippen LogP contribution >= 0.6 is 34.5 Å². The molecule has 0 atom stereocenters. The minimum absolute atomic E-state index is 0.0699. The molecule has 0 unspecified atom stereocenters. The van der Waals surface area contributed by atoms with Gasteiger partial charge in [-0.2, -0.15) is 0 Å². The Kier molecular flexibility index (Phi) is 5.89. The Hall–Kier alpha value is -1.64. The van der Waals surface area contributed by atoms with Gasteiger partial charge in [0.25, 0.3) is 0 Å². The standard InChI is InChI=1S/C19H20Cl2N4O2S/c20-14-9-15(21)16(27-6-5-25-3-1-2-4-25)8-12(14)17-13-7-11(10-26)28-18(13)24-19(22)23-17/h7-9,26H,1-6,10H2,(H2,22,23,24). The van der Waals surface area contributed by atoms with Gasteiger partial charge in [0.2, 0.25) is 5.95 Å². The number of nitrogens with two attached hydrogens (primary N) is 1. The number of nitrogens with zero attached hydrogens (tertiary/aromatic N) is 3. The Bertz CT molecular complexity index is 1010. The zero-order valence-corrected chi connectivity index (χ0v) is 17.4. The molecule has 9 heteroatoms. The number of anilines is 1. The van der Waals surface area contributed by atoms with E-state index in [4.69, 9.17) is 33.7 Å². The first-order chi connectivity index (χ1) is 13.5. The minimum atomic E-state index is -0.0699. The largest absolute Gasteiger partial charge is 0.491 e. The van der Waals surface area contributed by atoms with Crippen LogP contribution < -0.4 is 10.5 Å². The lowest BCUT2D eigenvalue weighted by Gasteiger charge is -2.16. The van der Waals surface area contributed by atoms with Crippen LogP contribution in [-0.4, -0.2) is 46.2 Å². The number of hydrogen-bond acceptors (Lipinski definition) is 7. The number of hydrogen-bond donors (Lipinski definition) is 2. The quantitative estimate of drug-likeness (QED) is 0.599. The van der Waals surface area contributed by atoms with Gasteiger partial charge >= 0.3 is 0 Å². The molecular formula is C19H20Cl2N4O2S. The number of ether oxygens (including phenoxy) is 1. The Morgan fingerprint density at radius 2 is 1.93 bits per heavy atom. The molecule has 2 aromatic heterocycles. The normalized spacial score (nSPS) is 14.8. The SMILES string of the molecule is Nc1nc(-c2cc(OCCN3CCCC3)c(Cl)cc2Cl)c2cc(CO)sc2n1. The molecule has 28 heavy (non-hydrogen) atoms. The highest BCUT2D eigenvalue weighted by atomic mass is 35.5. The Balaban J connectivity index is 1.67. The molecule has 148 valence electrons. The summed E-state index contributed by atoms with van der Waals surface area (Å²) >= 11 is 14.2. The van der Waals surface area contributed by atoms with Gasteiger partial charge in [0.1, 0.15) is 17.2 Å². The van der Waals surface area contributed by atoms with Gasteiger partial charge in [0, 0.05) is 22.4 Å². The van der Waals surface area contributed by atoms with E-state index >= 15 is 0 Å². The fraction of sp³-hybridized carbons (Fsp3) is 0.368. The summed E-state index contributed by atoms with van der Waals surface area (Å²) in [5, 5.41) is 11.1. The van der Waals surface area contributed by atoms with E-state index < -0.39 is 0 Å². The number of rotatable bonds is 6. The predicted molar refractivity (Wildman–Crippen MR) is 114 cm³/mol. The molecule has 0 amide bonds. The number of likely N-dealkylation sites (tertiary alicyclic amines) is 1. The van der Waals surface area contributed by atoms with Crippen LogP contribution in [0.2, 0.25) is 10.0 Å². The molecule has 1 aliphatic rings. The van der Waals surface area contributed by atoms with Crippen molar-refractivity contribution in [2.75, 3.05) is 32.0 Å². The molecule has 0 radical (unpaired) electrons. The van der Waals surface area contributed by atoms with Crippen molar-refractivity contribution in [2.45, 2.75) is 19.4 Å². The van der Waals surface area contributed by atoms with E-state index in [1.807, 2.05) is 6.07 Å². The molecular weight excluding hydrogens is 419 g/mol. The zero-order chi connectivity index (χ0) is 19.7. The van der Waals surface area contributed by atoms with Crippen LogP contribution in [-0.2, 0) is 6.61 Å². The highest BCUT2D eigenvalue weighted by Gasteiger charge is 2.18. The summed E-state index contributed by atoms with van der Waals surface area (Å²) < 4.78 is 5.94. The number of halogens is 2. The minimum Gasteiger partial charge on any atom is -0.491 e. The van der Waals surface area contributed by atoms with E-state index in [-0.39, 0.29) is 12.6 Å². The topological polar surface area (TPSA) is 84.5 Å². The van der Waals surface area contributed by atoms with Crippen LogP contribution in [0.25, 0.3) is 21.5 Å². The van der Waals surface area contributed by atoms with Crippen molar-refractivity contribution >= 4 is 50.7 Å². The van der Waals surface area contributed by atoms with Gasteiger partial charge < -0.3 is 15.6 Å². The zero-order valence-electron chi connectivity index (χ0n) is 15.1. The Morgan fingerprint density at radius 1 is 1.14 bits per heavy atom. The van der Waals surface area contributed by atoms with Gasteiger partial charge in [-0.1, -0.05) is 23.2 Å². The number of aromatic nitrogens is 2. The van der Waals surface area contributed by atoms with E-state index in [2.05, 4.69) is 14.9 Å². The van der Waals surface area contributed by atoms with Crippen LogP contribution in [0, 0.1) is 0 Å². The first-order valence-electron chi connectivity index (χ1n) is 9.06. The van der Waals surface area contributed by atoms with E-state index in [0.717, 1.165) is 29.9 Å². The fourth-order valence-corrected chi connectivity index (χ4v) is 4.80. The average molecular weight is 439 g/mol. The second-order valence-electron chi connectivity index (χ2n) is 6.68. The van der Waals surface area contributed by atoms with Crippen LogP contribution in [0.4, 0.5) is 5.95 Å². The highest BCUT2D eigenvalue weighted by Crippen LogP contribution is 2.40. The van der Waals surface area contributed by atoms with Crippen LogP contribution in [0.5, 0.6) is 5.75 Å². The molecule has 1 saturated heterocycles. The maximum Gasteiger partial charge on any atom is 0.221 e. The molecule has 0 aliphatic carbocycles. The van der Waals surface area contributed by atoms with Crippen LogP contribution in [0.3, 0.4) is 0 Å². The molecule has 0 bridgehead atoms. The van der Waals surface area contributed by atoms with Gasteiger partial charge in [-0.25, -0.2) is 9.97 Å². The molecule has 3 N–H and O–H groups in total. The summed E-state index contributed by atoms with van der Waals surface area (Å²) in [6.45, 7) is 3.58. The maximum absolute atomic E-state index is 9.45. The number of nitrogen functional groups attached to an aromatic ring is 1. The van der Waals surface area contributed by atoms with Gasteiger partial charge in [-0.05, 0) is 44.1 Å². The molecule has 1 aliphatic heterocycles. The van der Waals surface area contributed by atoms with Crippen molar-refractivity contribution in [1.29, 1.82) is 0 Å². The summed E-state index contributed by atoms with van der Waals surface area (Å²) in [4.78, 5) is 12.5. The predicted octanol–water partition coefficient (Wildman–Crippen LogP) is 4.21. The first-order valence-corrected chi connectivity index (χ1v) is 10.6. The van der Waals surface area contributed by atoms with Gasteiger partial charge in [0.15, 0.2) is 0 Å². The van der Waals surface area contributed by atoms with Gasteiger partial charge in [0.05, 0.1) is 22.3 Å². The molecule has 3 heterocycles. The summed E-state index contributed by atoms with van der Waals surface area (Å²) in [5.74, 6) is 0.708. The molecule has 4 rings (SSSR count). The van der Waals surface area contributed by atoms with Gasteiger partial charge in [-0.3, -0.25) is 4.90 Å². The summed E-state index contributed by atoms with van der Waals surface area (Å²) in [7, 11) is 0. The number of benzene rings is 1. The first kappa shape index (κ1) is 19.7. The highest BCUT2D eigenvalue weighted by molar-refractivity contribution is 7.18. The summed E-state index contributed by atoms with van der Waals surface area (Å²) in [6.07, 6.45) is 2.49. The van der Waals surface area contributed by atoms with Crippen LogP contribution in [0.1, 0.15) is 17.7 Å². The maximum atomic E-state index is 9.45. The lowest BCUT2D eigenvalue weighted by molar-refractivity contribution is 0.238. The van der Waals surface area contributed by atoms with Crippen molar-refractivity contribution in [3.05, 3.63) is 33.1 Å².